The van der Waals surface area contributed by atoms with Crippen molar-refractivity contribution in [1.82, 2.24) is 5.32 Å². The van der Waals surface area contributed by atoms with Gasteiger partial charge in [0.15, 0.2) is 6.61 Å². The molecule has 0 bridgehead atoms. The first kappa shape index (κ1) is 15.4. The van der Waals surface area contributed by atoms with Crippen LogP contribution < -0.4 is 10.1 Å². The van der Waals surface area contributed by atoms with Crippen LogP contribution in [0.5, 0.6) is 5.75 Å². The fourth-order valence-corrected chi connectivity index (χ4v) is 1.37. The molecule has 1 N–H and O–H groups in total. The second-order valence-corrected chi connectivity index (χ2v) is 5.26. The summed E-state index contributed by atoms with van der Waals surface area (Å²) in [5, 5.41) is 3.25. The van der Waals surface area contributed by atoms with Gasteiger partial charge >= 0.3 is 5.97 Å². The highest BCUT2D eigenvalue weighted by Crippen LogP contribution is 2.17. The van der Waals surface area contributed by atoms with E-state index in [0.717, 1.165) is 5.56 Å². The van der Waals surface area contributed by atoms with Gasteiger partial charge in [0.25, 0.3) is 0 Å². The molecule has 1 aromatic rings. The SMILES string of the molecule is COC(=O)COc1cc(F)cc(CNC(C)(C)C)c1. The van der Waals surface area contributed by atoms with Crippen LogP contribution in [0.1, 0.15) is 26.3 Å². The maximum absolute atomic E-state index is 13.4. The summed E-state index contributed by atoms with van der Waals surface area (Å²) >= 11 is 0. The first-order valence-electron chi connectivity index (χ1n) is 6.04. The van der Waals surface area contributed by atoms with Crippen molar-refractivity contribution >= 4 is 5.97 Å². The largest absolute Gasteiger partial charge is 0.482 e. The van der Waals surface area contributed by atoms with Crippen LogP contribution in [0.25, 0.3) is 0 Å². The number of nitrogens with one attached hydrogen (secondary N) is 1. The van der Waals surface area contributed by atoms with E-state index >= 15 is 0 Å². The van der Waals surface area contributed by atoms with Crippen LogP contribution in [0, 0.1) is 5.82 Å². The monoisotopic (exact) mass is 269 g/mol. The van der Waals surface area contributed by atoms with Crippen molar-refractivity contribution in [2.45, 2.75) is 32.9 Å². The average molecular weight is 269 g/mol. The molecule has 0 aromatic heterocycles. The van der Waals surface area contributed by atoms with E-state index in [2.05, 4.69) is 10.1 Å². The average Bonchev–Trinajstić information content (AvgIpc) is 2.32. The minimum atomic E-state index is -0.501. The van der Waals surface area contributed by atoms with Crippen LogP contribution in [-0.2, 0) is 16.1 Å². The molecule has 0 heterocycles. The van der Waals surface area contributed by atoms with Gasteiger partial charge < -0.3 is 14.8 Å². The van der Waals surface area contributed by atoms with Crippen LogP contribution in [-0.4, -0.2) is 25.2 Å². The second kappa shape index (κ2) is 6.52. The number of hydrogen-bond acceptors (Lipinski definition) is 4. The molecule has 0 saturated heterocycles. The third-order valence-electron chi connectivity index (χ3n) is 2.34. The van der Waals surface area contributed by atoms with E-state index < -0.39 is 11.8 Å². The minimum absolute atomic E-state index is 0.0562. The number of methoxy groups -OCH3 is 1. The molecular formula is C14H20FNO3. The summed E-state index contributed by atoms with van der Waals surface area (Å²) in [4.78, 5) is 11.0. The molecule has 0 amide bonds. The Morgan fingerprint density at radius 2 is 2.00 bits per heavy atom. The standard InChI is InChI=1S/C14H20FNO3/c1-14(2,3)16-8-10-5-11(15)7-12(6-10)19-9-13(17)18-4/h5-7,16H,8-9H2,1-4H3. The van der Waals surface area contributed by atoms with Crippen LogP contribution >= 0.6 is 0 Å². The van der Waals surface area contributed by atoms with E-state index in [1.54, 1.807) is 6.07 Å². The molecule has 0 aliphatic rings. The van der Waals surface area contributed by atoms with Gasteiger partial charge in [0.2, 0.25) is 0 Å². The molecule has 0 aliphatic carbocycles. The van der Waals surface area contributed by atoms with Gasteiger partial charge in [0.05, 0.1) is 7.11 Å². The Labute approximate surface area is 112 Å². The fraction of sp³-hybridized carbons (Fsp3) is 0.500. The Kier molecular flexibility index (Phi) is 5.30. The zero-order valence-corrected chi connectivity index (χ0v) is 11.7. The molecular weight excluding hydrogens is 249 g/mol. The van der Waals surface area contributed by atoms with Crippen LogP contribution in [0.3, 0.4) is 0 Å². The van der Waals surface area contributed by atoms with Crippen molar-refractivity contribution in [2.24, 2.45) is 0 Å². The molecule has 0 atom stereocenters. The smallest absolute Gasteiger partial charge is 0.343 e. The zero-order valence-electron chi connectivity index (χ0n) is 11.7. The fourth-order valence-electron chi connectivity index (χ4n) is 1.37. The lowest BCUT2D eigenvalue weighted by molar-refractivity contribution is -0.142. The van der Waals surface area contributed by atoms with Gasteiger partial charge in [-0.3, -0.25) is 0 Å². The Balaban J connectivity index is 2.68. The predicted molar refractivity (Wildman–Crippen MR) is 70.5 cm³/mol. The summed E-state index contributed by atoms with van der Waals surface area (Å²) < 4.78 is 23.1. The number of esters is 1. The van der Waals surface area contributed by atoms with Gasteiger partial charge in [-0.15, -0.1) is 0 Å². The Morgan fingerprint density at radius 3 is 2.58 bits per heavy atom. The van der Waals surface area contributed by atoms with Crippen LogP contribution in [0.15, 0.2) is 18.2 Å². The molecule has 0 radical (unpaired) electrons. The van der Waals surface area contributed by atoms with Crippen molar-refractivity contribution in [2.75, 3.05) is 13.7 Å². The first-order valence-corrected chi connectivity index (χ1v) is 6.04. The Hall–Kier alpha value is -1.62. The second-order valence-electron chi connectivity index (χ2n) is 5.26. The summed E-state index contributed by atoms with van der Waals surface area (Å²) in [6.07, 6.45) is 0. The molecule has 1 aromatic carbocycles. The van der Waals surface area contributed by atoms with E-state index in [-0.39, 0.29) is 12.1 Å². The van der Waals surface area contributed by atoms with Crippen molar-refractivity contribution in [1.29, 1.82) is 0 Å². The summed E-state index contributed by atoms with van der Waals surface area (Å²) in [5.74, 6) is -0.581. The number of carbonyl (C=O) groups excluding carboxylic acids is 1. The van der Waals surface area contributed by atoms with Crippen molar-refractivity contribution in [3.8, 4) is 5.75 Å². The quantitative estimate of drug-likeness (QED) is 0.833. The van der Waals surface area contributed by atoms with Gasteiger partial charge in [0.1, 0.15) is 11.6 Å². The van der Waals surface area contributed by atoms with Crippen LogP contribution in [0.2, 0.25) is 0 Å². The maximum atomic E-state index is 13.4. The lowest BCUT2D eigenvalue weighted by Gasteiger charge is -2.20. The molecule has 4 nitrogen and oxygen atoms in total. The molecule has 106 valence electrons. The summed E-state index contributed by atoms with van der Waals surface area (Å²) in [6, 6.07) is 4.37. The van der Waals surface area contributed by atoms with Crippen LogP contribution in [0.4, 0.5) is 4.39 Å². The Morgan fingerprint density at radius 1 is 1.32 bits per heavy atom. The van der Waals surface area contributed by atoms with Crippen molar-refractivity contribution in [3.63, 3.8) is 0 Å². The van der Waals surface area contributed by atoms with E-state index in [0.29, 0.717) is 12.3 Å². The topological polar surface area (TPSA) is 47.6 Å². The molecule has 0 spiro atoms. The normalized spacial score (nSPS) is 11.2. The van der Waals surface area contributed by atoms with E-state index in [1.165, 1.54) is 19.2 Å². The summed E-state index contributed by atoms with van der Waals surface area (Å²) in [5.41, 5.74) is 0.703. The highest BCUT2D eigenvalue weighted by atomic mass is 19.1. The highest BCUT2D eigenvalue weighted by Gasteiger charge is 2.10. The third-order valence-corrected chi connectivity index (χ3v) is 2.34. The number of hydrogen-bond donors (Lipinski definition) is 1. The van der Waals surface area contributed by atoms with Gasteiger partial charge in [-0.1, -0.05) is 0 Å². The van der Waals surface area contributed by atoms with E-state index in [4.69, 9.17) is 4.74 Å². The number of carbonyl (C=O) groups is 1. The Bertz CT molecular complexity index is 441. The van der Waals surface area contributed by atoms with Crippen molar-refractivity contribution in [3.05, 3.63) is 29.6 Å². The number of benzene rings is 1. The van der Waals surface area contributed by atoms with Gasteiger partial charge in [-0.25, -0.2) is 9.18 Å². The van der Waals surface area contributed by atoms with Crippen molar-refractivity contribution < 1.29 is 18.7 Å². The molecule has 5 heteroatoms. The highest BCUT2D eigenvalue weighted by molar-refractivity contribution is 5.70. The molecule has 0 unspecified atom stereocenters. The van der Waals surface area contributed by atoms with Gasteiger partial charge in [0, 0.05) is 18.2 Å². The minimum Gasteiger partial charge on any atom is -0.482 e. The lowest BCUT2D eigenvalue weighted by atomic mass is 10.1. The molecule has 19 heavy (non-hydrogen) atoms. The summed E-state index contributed by atoms with van der Waals surface area (Å²) in [7, 11) is 1.27. The van der Waals surface area contributed by atoms with Gasteiger partial charge in [-0.05, 0) is 38.5 Å². The number of rotatable bonds is 5. The first-order chi connectivity index (χ1) is 8.80. The molecule has 1 rings (SSSR count). The van der Waals surface area contributed by atoms with E-state index in [1.807, 2.05) is 20.8 Å². The lowest BCUT2D eigenvalue weighted by Crippen LogP contribution is -2.35. The molecule has 0 fully saturated rings. The molecule has 0 saturated carbocycles. The third kappa shape index (κ3) is 6.20. The van der Waals surface area contributed by atoms with Gasteiger partial charge in [-0.2, -0.15) is 0 Å². The molecule has 0 aliphatic heterocycles. The number of ether oxygens (including phenoxy) is 2. The number of halogens is 1. The van der Waals surface area contributed by atoms with E-state index in [9.17, 15) is 9.18 Å². The summed E-state index contributed by atoms with van der Waals surface area (Å²) in [6.45, 7) is 6.38. The predicted octanol–water partition coefficient (Wildman–Crippen LogP) is 2.27. The maximum Gasteiger partial charge on any atom is 0.343 e. The zero-order chi connectivity index (χ0) is 14.5.